The quantitative estimate of drug-likeness (QED) is 0.128. The van der Waals surface area contributed by atoms with E-state index in [9.17, 15) is 28.8 Å². The molecule has 0 amide bonds. The summed E-state index contributed by atoms with van der Waals surface area (Å²) >= 11 is 0. The lowest BCUT2D eigenvalue weighted by molar-refractivity contribution is -0.361. The Morgan fingerprint density at radius 1 is 0.574 bits per heavy atom. The van der Waals surface area contributed by atoms with Crippen LogP contribution in [0.3, 0.4) is 0 Å². The van der Waals surface area contributed by atoms with Gasteiger partial charge in [0.1, 0.15) is 37.6 Å². The average molecular weight is 679 g/mol. The predicted octanol–water partition coefficient (Wildman–Crippen LogP) is -0.745. The minimum atomic E-state index is -1.68. The SMILES string of the molecule is CO[C@@H]1O[C@H](COC(C)=O)[C@@H](OC(C)=O)[C@H](O[C@@H]2O[C@H](COC(C)=O)[C@@H](OC(C)=O)[C@H](OC/C=C\CO)[C@H]2OC(C)=O)[C@H]1OC(C)=O. The van der Waals surface area contributed by atoms with E-state index in [-0.39, 0.29) is 13.2 Å². The summed E-state index contributed by atoms with van der Waals surface area (Å²) in [6.07, 6.45) is -11.4. The van der Waals surface area contributed by atoms with Crippen LogP contribution in [0.5, 0.6) is 0 Å². The summed E-state index contributed by atoms with van der Waals surface area (Å²) in [5.41, 5.74) is 0. The van der Waals surface area contributed by atoms with E-state index in [0.717, 1.165) is 41.5 Å². The standard InChI is InChI=1S/C29H42O18/c1-14(31)39-12-20-22(41-16(3)33)24(38-11-9-8-10-30)26(43-18(5)35)29(46-20)47-25-23(42-17(4)34)21(13-40-15(2)32)45-28(37-7)27(25)44-19(6)36/h8-9,20-30H,10-13H2,1-7H3/b9-8-/t20-,21-,22-,23-,24+,25+,26-,27-,28-,29+/m1/s1. The van der Waals surface area contributed by atoms with Crippen molar-refractivity contribution in [2.45, 2.75) is 103 Å². The van der Waals surface area contributed by atoms with Crippen molar-refractivity contribution in [1.82, 2.24) is 0 Å². The molecular formula is C29H42O18. The number of hydrogen-bond acceptors (Lipinski definition) is 18. The van der Waals surface area contributed by atoms with E-state index in [0.29, 0.717) is 0 Å². The molecule has 0 aromatic rings. The van der Waals surface area contributed by atoms with E-state index in [1.165, 1.54) is 19.3 Å². The van der Waals surface area contributed by atoms with E-state index in [4.69, 9.17) is 57.2 Å². The van der Waals surface area contributed by atoms with Crippen molar-refractivity contribution in [1.29, 1.82) is 0 Å². The van der Waals surface area contributed by atoms with E-state index in [1.807, 2.05) is 0 Å². The van der Waals surface area contributed by atoms with Gasteiger partial charge in [0, 0.05) is 48.7 Å². The minimum absolute atomic E-state index is 0.187. The number of carbonyl (C=O) groups is 6. The van der Waals surface area contributed by atoms with Crippen LogP contribution in [-0.2, 0) is 80.9 Å². The Balaban J connectivity index is 2.70. The van der Waals surface area contributed by atoms with Crippen LogP contribution in [0.1, 0.15) is 41.5 Å². The molecule has 1 N–H and O–H groups in total. The summed E-state index contributed by atoms with van der Waals surface area (Å²) in [5.74, 6) is -4.64. The van der Waals surface area contributed by atoms with Crippen LogP contribution in [-0.4, -0.2) is 136 Å². The number of rotatable bonds is 15. The van der Waals surface area contributed by atoms with Crippen molar-refractivity contribution < 1.29 is 86.0 Å². The summed E-state index contributed by atoms with van der Waals surface area (Å²) in [6.45, 7) is 5.21. The summed E-state index contributed by atoms with van der Waals surface area (Å²) < 4.78 is 61.9. The van der Waals surface area contributed by atoms with Crippen molar-refractivity contribution >= 4 is 35.8 Å². The average Bonchev–Trinajstić information content (AvgIpc) is 2.96. The first-order valence-electron chi connectivity index (χ1n) is 14.5. The number of hydrogen-bond donors (Lipinski definition) is 1. The van der Waals surface area contributed by atoms with Gasteiger partial charge < -0.3 is 57.2 Å². The molecule has 2 saturated heterocycles. The molecule has 0 aromatic carbocycles. The van der Waals surface area contributed by atoms with Crippen molar-refractivity contribution in [2.75, 3.05) is 33.5 Å². The molecule has 0 unspecified atom stereocenters. The molecule has 18 nitrogen and oxygen atoms in total. The number of methoxy groups -OCH3 is 1. The Morgan fingerprint density at radius 2 is 1.00 bits per heavy atom. The lowest BCUT2D eigenvalue weighted by Gasteiger charge is -2.48. The van der Waals surface area contributed by atoms with Crippen LogP contribution in [0.2, 0.25) is 0 Å². The van der Waals surface area contributed by atoms with Crippen LogP contribution in [0, 0.1) is 0 Å². The van der Waals surface area contributed by atoms with Gasteiger partial charge >= 0.3 is 35.8 Å². The van der Waals surface area contributed by atoms with Gasteiger partial charge in [-0.3, -0.25) is 28.8 Å². The van der Waals surface area contributed by atoms with E-state index in [2.05, 4.69) is 0 Å². The minimum Gasteiger partial charge on any atom is -0.463 e. The first-order valence-corrected chi connectivity index (χ1v) is 14.5. The van der Waals surface area contributed by atoms with Gasteiger partial charge in [0.2, 0.25) is 0 Å². The molecule has 2 aliphatic rings. The smallest absolute Gasteiger partial charge is 0.303 e. The van der Waals surface area contributed by atoms with Crippen molar-refractivity contribution in [3.63, 3.8) is 0 Å². The zero-order valence-electron chi connectivity index (χ0n) is 27.1. The zero-order chi connectivity index (χ0) is 35.3. The molecule has 266 valence electrons. The topological polar surface area (TPSA) is 224 Å². The summed E-state index contributed by atoms with van der Waals surface area (Å²) in [5, 5.41) is 9.15. The summed E-state index contributed by atoms with van der Waals surface area (Å²) in [4.78, 5) is 72.4. The molecule has 2 rings (SSSR count). The largest absolute Gasteiger partial charge is 0.463 e. The van der Waals surface area contributed by atoms with Crippen molar-refractivity contribution in [3.05, 3.63) is 12.2 Å². The Morgan fingerprint density at radius 3 is 1.43 bits per heavy atom. The molecule has 18 heteroatoms. The Hall–Kier alpha value is -3.68. The van der Waals surface area contributed by atoms with Crippen molar-refractivity contribution in [2.24, 2.45) is 0 Å². The van der Waals surface area contributed by atoms with Gasteiger partial charge in [0.15, 0.2) is 37.0 Å². The molecular weight excluding hydrogens is 636 g/mol. The third kappa shape index (κ3) is 12.5. The molecule has 0 spiro atoms. The number of aliphatic hydroxyl groups is 1. The first kappa shape index (κ1) is 39.5. The number of aliphatic hydroxyl groups excluding tert-OH is 1. The molecule has 0 radical (unpaired) electrons. The molecule has 2 aliphatic heterocycles. The highest BCUT2D eigenvalue weighted by Crippen LogP contribution is 2.35. The van der Waals surface area contributed by atoms with Gasteiger partial charge in [0.05, 0.1) is 13.2 Å². The molecule has 47 heavy (non-hydrogen) atoms. The Kier molecular flexibility index (Phi) is 16.1. The normalized spacial score (nSPS) is 30.6. The fraction of sp³-hybridized carbons (Fsp3) is 0.724. The molecule has 2 heterocycles. The van der Waals surface area contributed by atoms with Gasteiger partial charge in [-0.2, -0.15) is 0 Å². The van der Waals surface area contributed by atoms with Gasteiger partial charge in [0.25, 0.3) is 0 Å². The van der Waals surface area contributed by atoms with E-state index < -0.39 is 110 Å². The molecule has 10 atom stereocenters. The van der Waals surface area contributed by atoms with E-state index >= 15 is 0 Å². The molecule has 0 bridgehead atoms. The van der Waals surface area contributed by atoms with Gasteiger partial charge in [-0.05, 0) is 0 Å². The van der Waals surface area contributed by atoms with Gasteiger partial charge in [-0.25, -0.2) is 0 Å². The van der Waals surface area contributed by atoms with Crippen LogP contribution in [0.4, 0.5) is 0 Å². The molecule has 0 aromatic heterocycles. The third-order valence-electron chi connectivity index (χ3n) is 6.47. The highest BCUT2D eigenvalue weighted by atomic mass is 16.8. The Bertz CT molecular complexity index is 1120. The van der Waals surface area contributed by atoms with Crippen LogP contribution in [0.25, 0.3) is 0 Å². The van der Waals surface area contributed by atoms with Crippen molar-refractivity contribution in [3.8, 4) is 0 Å². The monoisotopic (exact) mass is 678 g/mol. The maximum atomic E-state index is 12.4. The van der Waals surface area contributed by atoms with Gasteiger partial charge in [-0.1, -0.05) is 12.2 Å². The molecule has 0 aliphatic carbocycles. The maximum absolute atomic E-state index is 12.4. The lowest BCUT2D eigenvalue weighted by Crippen LogP contribution is -2.67. The molecule has 2 fully saturated rings. The third-order valence-corrected chi connectivity index (χ3v) is 6.47. The second-order valence-electron chi connectivity index (χ2n) is 10.3. The number of ether oxygens (including phenoxy) is 11. The Labute approximate surface area is 270 Å². The summed E-state index contributed by atoms with van der Waals surface area (Å²) in [7, 11) is 1.23. The predicted molar refractivity (Wildman–Crippen MR) is 151 cm³/mol. The van der Waals surface area contributed by atoms with Gasteiger partial charge in [-0.15, -0.1) is 0 Å². The number of carbonyl (C=O) groups excluding carboxylic acids is 6. The highest BCUT2D eigenvalue weighted by molar-refractivity contribution is 5.68. The second kappa shape index (κ2) is 19.2. The fourth-order valence-corrected chi connectivity index (χ4v) is 4.83. The zero-order valence-corrected chi connectivity index (χ0v) is 27.1. The first-order chi connectivity index (χ1) is 22.2. The maximum Gasteiger partial charge on any atom is 0.303 e. The fourth-order valence-electron chi connectivity index (χ4n) is 4.83. The summed E-state index contributed by atoms with van der Waals surface area (Å²) in [6, 6.07) is 0. The highest BCUT2D eigenvalue weighted by Gasteiger charge is 2.57. The van der Waals surface area contributed by atoms with Crippen LogP contribution in [0.15, 0.2) is 12.2 Å². The van der Waals surface area contributed by atoms with E-state index in [1.54, 1.807) is 0 Å². The van der Waals surface area contributed by atoms with Crippen LogP contribution < -0.4 is 0 Å². The van der Waals surface area contributed by atoms with Crippen LogP contribution >= 0.6 is 0 Å². The lowest BCUT2D eigenvalue weighted by atomic mass is 9.96. The number of esters is 6. The second-order valence-corrected chi connectivity index (χ2v) is 10.3. The molecule has 0 saturated carbocycles.